The third-order valence-electron chi connectivity index (χ3n) is 3.47. The highest BCUT2D eigenvalue weighted by Gasteiger charge is 2.11. The van der Waals surface area contributed by atoms with Crippen molar-refractivity contribution in [1.29, 1.82) is 0 Å². The molecule has 3 aromatic rings. The summed E-state index contributed by atoms with van der Waals surface area (Å²) in [6, 6.07) is 14.3. The van der Waals surface area contributed by atoms with Crippen LogP contribution in [0, 0.1) is 0 Å². The number of rotatable bonds is 5. The van der Waals surface area contributed by atoms with Crippen LogP contribution in [0.4, 0.5) is 5.95 Å². The van der Waals surface area contributed by atoms with Gasteiger partial charge in [0.15, 0.2) is 0 Å². The molecule has 0 bridgehead atoms. The van der Waals surface area contributed by atoms with Crippen LogP contribution in [0.5, 0.6) is 0 Å². The van der Waals surface area contributed by atoms with E-state index in [1.165, 1.54) is 17.1 Å². The first kappa shape index (κ1) is 15.4. The Morgan fingerprint density at radius 1 is 1.30 bits per heavy atom. The van der Waals surface area contributed by atoms with E-state index in [4.69, 9.17) is 5.73 Å². The van der Waals surface area contributed by atoms with E-state index in [0.29, 0.717) is 5.16 Å². The molecule has 1 atom stereocenters. The monoisotopic (exact) mass is 327 g/mol. The maximum Gasteiger partial charge on any atom is 0.230 e. The average Bonchev–Trinajstić information content (AvgIpc) is 2.98. The van der Waals surface area contributed by atoms with Crippen molar-refractivity contribution in [1.82, 2.24) is 20.5 Å². The summed E-state index contributed by atoms with van der Waals surface area (Å²) in [5, 5.41) is 12.2. The summed E-state index contributed by atoms with van der Waals surface area (Å²) in [4.78, 5) is 16.0. The van der Waals surface area contributed by atoms with Gasteiger partial charge in [-0.2, -0.15) is 4.98 Å². The Labute approximate surface area is 137 Å². The first-order valence-electron chi connectivity index (χ1n) is 7.20. The molecule has 1 amide bonds. The number of carbonyl (C=O) groups excluding carboxylic acids is 1. The lowest BCUT2D eigenvalue weighted by Crippen LogP contribution is -2.28. The highest BCUT2D eigenvalue weighted by molar-refractivity contribution is 7.99. The van der Waals surface area contributed by atoms with E-state index >= 15 is 0 Å². The third kappa shape index (κ3) is 3.81. The van der Waals surface area contributed by atoms with E-state index in [2.05, 4.69) is 44.8 Å². The molecule has 1 aromatic heterocycles. The standard InChI is InChI=1S/C16H17N5OS/c1-10(12-7-6-11-4-2-3-5-13(11)8-12)18-14(22)9-23-16-19-15(17)20-21-16/h2-8,10H,9H2,1H3,(H,18,22)(H3,17,19,20,21)/t10-/m1/s1. The van der Waals surface area contributed by atoms with Crippen LogP contribution in [0.25, 0.3) is 10.8 Å². The van der Waals surface area contributed by atoms with Crippen molar-refractivity contribution in [3.05, 3.63) is 48.0 Å². The van der Waals surface area contributed by atoms with Crippen LogP contribution in [-0.4, -0.2) is 26.8 Å². The van der Waals surface area contributed by atoms with Gasteiger partial charge in [0.1, 0.15) is 0 Å². The van der Waals surface area contributed by atoms with Crippen LogP contribution in [-0.2, 0) is 4.79 Å². The van der Waals surface area contributed by atoms with Crippen molar-refractivity contribution in [3.8, 4) is 0 Å². The molecule has 3 rings (SSSR count). The summed E-state index contributed by atoms with van der Waals surface area (Å²) < 4.78 is 0. The minimum absolute atomic E-state index is 0.0649. The Hall–Kier alpha value is -2.54. The van der Waals surface area contributed by atoms with Crippen molar-refractivity contribution < 1.29 is 4.79 Å². The molecule has 1 heterocycles. The molecule has 0 spiro atoms. The molecule has 0 unspecified atom stereocenters. The molecule has 7 heteroatoms. The predicted octanol–water partition coefficient (Wildman–Crippen LogP) is 2.51. The number of amides is 1. The molecule has 6 nitrogen and oxygen atoms in total. The van der Waals surface area contributed by atoms with Crippen molar-refractivity contribution >= 4 is 34.4 Å². The van der Waals surface area contributed by atoms with Gasteiger partial charge in [-0.05, 0) is 29.3 Å². The van der Waals surface area contributed by atoms with Gasteiger partial charge in [-0.3, -0.25) is 4.79 Å². The number of aromatic amines is 1. The largest absolute Gasteiger partial charge is 0.368 e. The molecule has 0 aliphatic heterocycles. The van der Waals surface area contributed by atoms with Gasteiger partial charge in [-0.25, -0.2) is 5.10 Å². The Balaban J connectivity index is 1.60. The first-order valence-corrected chi connectivity index (χ1v) is 8.19. The topological polar surface area (TPSA) is 96.7 Å². The van der Waals surface area contributed by atoms with Crippen molar-refractivity contribution in [2.75, 3.05) is 11.5 Å². The maximum absolute atomic E-state index is 12.0. The predicted molar refractivity (Wildman–Crippen MR) is 92.0 cm³/mol. The molecule has 0 radical (unpaired) electrons. The number of carbonyl (C=O) groups is 1. The number of benzene rings is 2. The van der Waals surface area contributed by atoms with Crippen molar-refractivity contribution in [3.63, 3.8) is 0 Å². The summed E-state index contributed by atoms with van der Waals surface area (Å²) in [6.45, 7) is 1.97. The third-order valence-corrected chi connectivity index (χ3v) is 4.31. The van der Waals surface area contributed by atoms with Crippen molar-refractivity contribution in [2.24, 2.45) is 0 Å². The lowest BCUT2D eigenvalue weighted by atomic mass is 10.0. The summed E-state index contributed by atoms with van der Waals surface area (Å²) >= 11 is 1.24. The summed E-state index contributed by atoms with van der Waals surface area (Å²) in [5.41, 5.74) is 6.52. The maximum atomic E-state index is 12.0. The highest BCUT2D eigenvalue weighted by Crippen LogP contribution is 2.20. The molecular weight excluding hydrogens is 310 g/mol. The van der Waals surface area contributed by atoms with Crippen LogP contribution < -0.4 is 11.1 Å². The molecule has 0 fully saturated rings. The number of nitrogen functional groups attached to an aromatic ring is 1. The van der Waals surface area contributed by atoms with Crippen LogP contribution in [0.3, 0.4) is 0 Å². The van der Waals surface area contributed by atoms with Gasteiger partial charge in [0, 0.05) is 0 Å². The van der Waals surface area contributed by atoms with Crippen LogP contribution in [0.15, 0.2) is 47.6 Å². The average molecular weight is 327 g/mol. The summed E-state index contributed by atoms with van der Waals surface area (Å²) in [5.74, 6) is 0.423. The van der Waals surface area contributed by atoms with Crippen LogP contribution in [0.1, 0.15) is 18.5 Å². The smallest absolute Gasteiger partial charge is 0.230 e. The Morgan fingerprint density at radius 3 is 2.83 bits per heavy atom. The first-order chi connectivity index (χ1) is 11.1. The second-order valence-electron chi connectivity index (χ2n) is 5.19. The Kier molecular flexibility index (Phi) is 4.47. The zero-order chi connectivity index (χ0) is 16.2. The molecule has 118 valence electrons. The van der Waals surface area contributed by atoms with Gasteiger partial charge in [0.25, 0.3) is 0 Å². The second kappa shape index (κ2) is 6.70. The zero-order valence-corrected chi connectivity index (χ0v) is 13.4. The fourth-order valence-corrected chi connectivity index (χ4v) is 2.91. The molecule has 0 aliphatic carbocycles. The number of nitrogens with one attached hydrogen (secondary N) is 2. The quantitative estimate of drug-likeness (QED) is 0.626. The molecule has 23 heavy (non-hydrogen) atoms. The number of aromatic nitrogens is 3. The fraction of sp³-hybridized carbons (Fsp3) is 0.188. The SMILES string of the molecule is C[C@@H](NC(=O)CSc1n[nH]c(N)n1)c1ccc2ccccc2c1. The minimum atomic E-state index is -0.0703. The number of thioether (sulfide) groups is 1. The number of anilines is 1. The summed E-state index contributed by atoms with van der Waals surface area (Å²) in [7, 11) is 0. The molecule has 0 saturated heterocycles. The van der Waals surface area contributed by atoms with Gasteiger partial charge >= 0.3 is 0 Å². The molecule has 2 aromatic carbocycles. The van der Waals surface area contributed by atoms with Gasteiger partial charge in [-0.1, -0.05) is 48.2 Å². The number of hydrogen-bond acceptors (Lipinski definition) is 5. The highest BCUT2D eigenvalue weighted by atomic mass is 32.2. The lowest BCUT2D eigenvalue weighted by molar-refractivity contribution is -0.119. The van der Waals surface area contributed by atoms with E-state index in [1.807, 2.05) is 25.1 Å². The number of nitrogens with two attached hydrogens (primary N) is 1. The zero-order valence-electron chi connectivity index (χ0n) is 12.6. The van der Waals surface area contributed by atoms with E-state index < -0.39 is 0 Å². The number of hydrogen-bond donors (Lipinski definition) is 3. The van der Waals surface area contributed by atoms with Crippen LogP contribution >= 0.6 is 11.8 Å². The van der Waals surface area contributed by atoms with Crippen LogP contribution in [0.2, 0.25) is 0 Å². The molecule has 4 N–H and O–H groups in total. The molecular formula is C16H17N5OS. The molecule has 0 aliphatic rings. The van der Waals surface area contributed by atoms with E-state index in [1.54, 1.807) is 0 Å². The minimum Gasteiger partial charge on any atom is -0.368 e. The summed E-state index contributed by atoms with van der Waals surface area (Å²) in [6.07, 6.45) is 0. The normalized spacial score (nSPS) is 12.2. The van der Waals surface area contributed by atoms with E-state index in [9.17, 15) is 4.79 Å². The fourth-order valence-electron chi connectivity index (χ4n) is 2.30. The van der Waals surface area contributed by atoms with Gasteiger partial charge in [-0.15, -0.1) is 5.10 Å². The van der Waals surface area contributed by atoms with Gasteiger partial charge in [0.05, 0.1) is 11.8 Å². The Morgan fingerprint density at radius 2 is 2.09 bits per heavy atom. The van der Waals surface area contributed by atoms with Gasteiger partial charge in [0.2, 0.25) is 17.0 Å². The van der Waals surface area contributed by atoms with E-state index in [-0.39, 0.29) is 23.7 Å². The molecule has 0 saturated carbocycles. The lowest BCUT2D eigenvalue weighted by Gasteiger charge is -2.14. The number of nitrogens with zero attached hydrogens (tertiary/aromatic N) is 2. The van der Waals surface area contributed by atoms with E-state index in [0.717, 1.165) is 10.9 Å². The van der Waals surface area contributed by atoms with Gasteiger partial charge < -0.3 is 11.1 Å². The second-order valence-corrected chi connectivity index (χ2v) is 6.13. The Bertz CT molecular complexity index is 832. The van der Waals surface area contributed by atoms with Crippen molar-refractivity contribution in [2.45, 2.75) is 18.1 Å². The number of H-pyrrole nitrogens is 1. The number of fused-ring (bicyclic) bond motifs is 1.